The third-order valence-corrected chi connectivity index (χ3v) is 9.70. The quantitative estimate of drug-likeness (QED) is 0.122. The molecule has 0 amide bonds. The summed E-state index contributed by atoms with van der Waals surface area (Å²) in [5.74, 6) is -3.57. The number of esters is 5. The molecule has 2 saturated heterocycles. The number of aliphatic hydroxyl groups is 1. The SMILES string of the molecule is C=CCO[C@@H]1[C@@H](OC(=O)C(C)(C)C)[C@H](O)O[C@H](COCc2ccccc2)[C@@H]1O[C@@H]1O[C@H](COC(=O)C(C)(C)C)[C@H](OC(=O)C(C)(C)C)[C@H](OC(=O)C(C)(C)C)[C@H]1OC(=O)C(C)(C)C. The van der Waals surface area contributed by atoms with Crippen molar-refractivity contribution in [1.29, 1.82) is 0 Å². The summed E-state index contributed by atoms with van der Waals surface area (Å²) in [4.78, 5) is 68.2. The summed E-state index contributed by atoms with van der Waals surface area (Å²) in [6, 6.07) is 9.28. The number of hydrogen-bond donors (Lipinski definition) is 1. The van der Waals surface area contributed by atoms with Crippen LogP contribution in [-0.4, -0.2) is 116 Å². The van der Waals surface area contributed by atoms with Gasteiger partial charge in [-0.1, -0.05) is 36.4 Å². The number of rotatable bonds is 15. The molecule has 16 nitrogen and oxygen atoms in total. The predicted octanol–water partition coefficient (Wildman–Crippen LogP) is 6.02. The van der Waals surface area contributed by atoms with E-state index >= 15 is 0 Å². The monoisotopic (exact) mass is 892 g/mol. The predicted molar refractivity (Wildman–Crippen MR) is 228 cm³/mol. The van der Waals surface area contributed by atoms with Crippen LogP contribution in [0.1, 0.15) is 109 Å². The molecule has 0 aromatic heterocycles. The zero-order valence-electron chi connectivity index (χ0n) is 39.8. The van der Waals surface area contributed by atoms with E-state index < -0.39 is 125 Å². The number of ether oxygens (including phenoxy) is 10. The van der Waals surface area contributed by atoms with E-state index in [9.17, 15) is 29.1 Å². The first-order chi connectivity index (χ1) is 28.9. The Balaban J connectivity index is 2.31. The molecule has 2 aliphatic rings. The van der Waals surface area contributed by atoms with Crippen LogP contribution in [0.3, 0.4) is 0 Å². The minimum absolute atomic E-state index is 0.117. The fourth-order valence-electron chi connectivity index (χ4n) is 5.81. The van der Waals surface area contributed by atoms with Gasteiger partial charge in [0, 0.05) is 0 Å². The number of carbonyl (C=O) groups excluding carboxylic acids is 5. The minimum atomic E-state index is -1.75. The first-order valence-corrected chi connectivity index (χ1v) is 21.4. The minimum Gasteiger partial charge on any atom is -0.462 e. The highest BCUT2D eigenvalue weighted by Crippen LogP contribution is 2.38. The van der Waals surface area contributed by atoms with Crippen LogP contribution in [0.4, 0.5) is 0 Å². The fourth-order valence-corrected chi connectivity index (χ4v) is 5.81. The molecule has 0 spiro atoms. The molecule has 1 aromatic rings. The number of carbonyl (C=O) groups is 5. The molecule has 63 heavy (non-hydrogen) atoms. The second-order valence-electron chi connectivity index (χ2n) is 21.1. The maximum atomic E-state index is 13.9. The van der Waals surface area contributed by atoms with Crippen molar-refractivity contribution in [3.8, 4) is 0 Å². The van der Waals surface area contributed by atoms with Crippen molar-refractivity contribution in [2.75, 3.05) is 19.8 Å². The van der Waals surface area contributed by atoms with Gasteiger partial charge in [-0.3, -0.25) is 24.0 Å². The lowest BCUT2D eigenvalue weighted by atomic mass is 9.92. The molecular weight excluding hydrogens is 821 g/mol. The average Bonchev–Trinajstić information content (AvgIpc) is 3.15. The van der Waals surface area contributed by atoms with Gasteiger partial charge in [-0.15, -0.1) is 6.58 Å². The standard InChI is InChI=1S/C47H72O16/c1-17-23-55-32-30(28(25-54-24-27-21-19-18-20-22-27)57-36(48)34(32)62-41(52)46(11,12)13)59-37-35(63-42(53)47(14,15)16)33(61-40(51)45(8,9)10)31(60-39(50)44(5,6)7)29(58-37)26-56-38(49)43(2,3)4/h17-22,28-37,48H,1,23-26H2,2-16H3/t28-,29-,30+,31+,32+,33+,34-,35-,36-,37+/m1/s1. The molecule has 356 valence electrons. The van der Waals surface area contributed by atoms with Crippen molar-refractivity contribution in [1.82, 2.24) is 0 Å². The fraction of sp³-hybridized carbons (Fsp3) is 0.723. The molecular formula is C47H72O16. The topological polar surface area (TPSA) is 198 Å². The normalized spacial score (nSPS) is 27.1. The van der Waals surface area contributed by atoms with Crippen molar-refractivity contribution in [3.05, 3.63) is 48.6 Å². The number of hydrogen-bond acceptors (Lipinski definition) is 16. The largest absolute Gasteiger partial charge is 0.462 e. The molecule has 2 heterocycles. The summed E-state index contributed by atoms with van der Waals surface area (Å²) in [7, 11) is 0. The van der Waals surface area contributed by atoms with Gasteiger partial charge < -0.3 is 52.5 Å². The van der Waals surface area contributed by atoms with Crippen LogP contribution in [-0.2, 0) is 77.9 Å². The maximum Gasteiger partial charge on any atom is 0.311 e. The second kappa shape index (κ2) is 21.4. The van der Waals surface area contributed by atoms with E-state index in [1.165, 1.54) is 6.08 Å². The summed E-state index contributed by atoms with van der Waals surface area (Å²) in [5.41, 5.74) is -4.49. The van der Waals surface area contributed by atoms with Crippen molar-refractivity contribution >= 4 is 29.8 Å². The maximum absolute atomic E-state index is 13.9. The van der Waals surface area contributed by atoms with Crippen molar-refractivity contribution in [2.24, 2.45) is 27.1 Å². The molecule has 10 atom stereocenters. The first-order valence-electron chi connectivity index (χ1n) is 21.4. The zero-order chi connectivity index (χ0) is 47.9. The second-order valence-corrected chi connectivity index (χ2v) is 21.1. The van der Waals surface area contributed by atoms with Gasteiger partial charge in [0.1, 0.15) is 31.0 Å². The van der Waals surface area contributed by atoms with E-state index in [1.54, 1.807) is 104 Å². The van der Waals surface area contributed by atoms with Gasteiger partial charge in [0.2, 0.25) is 0 Å². The molecule has 0 aliphatic carbocycles. The van der Waals surface area contributed by atoms with Gasteiger partial charge in [0.05, 0.1) is 46.9 Å². The van der Waals surface area contributed by atoms with Crippen LogP contribution >= 0.6 is 0 Å². The molecule has 2 aliphatic heterocycles. The Labute approximate surface area is 372 Å². The lowest BCUT2D eigenvalue weighted by molar-refractivity contribution is -0.362. The van der Waals surface area contributed by atoms with Gasteiger partial charge in [0.25, 0.3) is 0 Å². The van der Waals surface area contributed by atoms with E-state index in [-0.39, 0.29) is 19.8 Å². The van der Waals surface area contributed by atoms with Crippen LogP contribution in [0, 0.1) is 27.1 Å². The Bertz CT molecular complexity index is 1710. The molecule has 3 rings (SSSR count). The van der Waals surface area contributed by atoms with E-state index in [2.05, 4.69) is 6.58 Å². The van der Waals surface area contributed by atoms with Crippen LogP contribution < -0.4 is 0 Å². The Kier molecular flexibility index (Phi) is 18.1. The molecule has 2 fully saturated rings. The van der Waals surface area contributed by atoms with Crippen LogP contribution in [0.25, 0.3) is 0 Å². The summed E-state index contributed by atoms with van der Waals surface area (Å²) >= 11 is 0. The third kappa shape index (κ3) is 15.3. The van der Waals surface area contributed by atoms with E-state index in [0.29, 0.717) is 0 Å². The molecule has 0 saturated carbocycles. The highest BCUT2D eigenvalue weighted by atomic mass is 16.8. The van der Waals surface area contributed by atoms with Gasteiger partial charge in [-0.2, -0.15) is 0 Å². The number of benzene rings is 1. The Morgan fingerprint density at radius 1 is 0.571 bits per heavy atom. The molecule has 1 aromatic carbocycles. The Morgan fingerprint density at radius 3 is 1.49 bits per heavy atom. The van der Waals surface area contributed by atoms with Crippen LogP contribution in [0.2, 0.25) is 0 Å². The highest BCUT2D eigenvalue weighted by Gasteiger charge is 2.58. The van der Waals surface area contributed by atoms with Gasteiger partial charge in [-0.05, 0) is 109 Å². The molecule has 1 N–H and O–H groups in total. The van der Waals surface area contributed by atoms with Gasteiger partial charge >= 0.3 is 29.8 Å². The summed E-state index contributed by atoms with van der Waals surface area (Å²) in [6.07, 6.45) is -13.6. The van der Waals surface area contributed by atoms with Crippen LogP contribution in [0.15, 0.2) is 43.0 Å². The number of aliphatic hydroxyl groups excluding tert-OH is 1. The highest BCUT2D eigenvalue weighted by molar-refractivity contribution is 5.78. The summed E-state index contributed by atoms with van der Waals surface area (Å²) < 4.78 is 61.9. The first kappa shape index (κ1) is 53.4. The molecule has 0 bridgehead atoms. The molecule has 0 unspecified atom stereocenters. The lowest BCUT2D eigenvalue weighted by Gasteiger charge is -2.49. The van der Waals surface area contributed by atoms with Crippen LogP contribution in [0.5, 0.6) is 0 Å². The van der Waals surface area contributed by atoms with Crippen molar-refractivity contribution < 1.29 is 76.4 Å². The summed E-state index contributed by atoms with van der Waals surface area (Å²) in [6.45, 7) is 27.4. The Morgan fingerprint density at radius 2 is 1.02 bits per heavy atom. The van der Waals surface area contributed by atoms with E-state index in [4.69, 9.17) is 47.4 Å². The molecule has 16 heteroatoms. The zero-order valence-corrected chi connectivity index (χ0v) is 39.8. The smallest absolute Gasteiger partial charge is 0.311 e. The lowest BCUT2D eigenvalue weighted by Crippen LogP contribution is -2.67. The molecule has 0 radical (unpaired) electrons. The average molecular weight is 893 g/mol. The van der Waals surface area contributed by atoms with E-state index in [1.807, 2.05) is 30.3 Å². The van der Waals surface area contributed by atoms with Crippen molar-refractivity contribution in [3.63, 3.8) is 0 Å². The van der Waals surface area contributed by atoms with Gasteiger partial charge in [-0.25, -0.2) is 0 Å². The summed E-state index contributed by atoms with van der Waals surface area (Å²) in [5, 5.41) is 11.5. The third-order valence-electron chi connectivity index (χ3n) is 9.70. The van der Waals surface area contributed by atoms with Gasteiger partial charge in [0.15, 0.2) is 37.0 Å². The Hall–Kier alpha value is -3.93. The van der Waals surface area contributed by atoms with Crippen molar-refractivity contribution in [2.45, 2.75) is 172 Å². The van der Waals surface area contributed by atoms with E-state index in [0.717, 1.165) is 5.56 Å².